The normalized spacial score (nSPS) is 41.5. The number of alkyl halides is 4. The fourth-order valence-electron chi connectivity index (χ4n) is 3.60. The third-order valence-corrected chi connectivity index (χ3v) is 5.03. The van der Waals surface area contributed by atoms with Crippen LogP contribution >= 0.6 is 0 Å². The number of hydrogen-bond acceptors (Lipinski definition) is 6. The predicted octanol–water partition coefficient (Wildman–Crippen LogP) is 0.188. The molecule has 0 aromatic heterocycles. The molecule has 0 aromatic rings. The maximum Gasteiger partial charge on any atom is 0.430 e. The quantitative estimate of drug-likeness (QED) is 0.464. The largest absolute Gasteiger partial charge is 0.430 e. The summed E-state index contributed by atoms with van der Waals surface area (Å²) in [4.78, 5) is 4.54. The Balaban J connectivity index is 1.42. The molecule has 0 bridgehead atoms. The van der Waals surface area contributed by atoms with Gasteiger partial charge in [-0.1, -0.05) is 0 Å². The minimum atomic E-state index is -4.47. The summed E-state index contributed by atoms with van der Waals surface area (Å²) >= 11 is 0. The van der Waals surface area contributed by atoms with Crippen LogP contribution in [0.1, 0.15) is 19.3 Å². The van der Waals surface area contributed by atoms with Crippen LogP contribution in [0.4, 0.5) is 17.6 Å². The summed E-state index contributed by atoms with van der Waals surface area (Å²) in [5, 5.41) is 12.2. The van der Waals surface area contributed by atoms with E-state index in [-0.39, 0.29) is 24.4 Å². The molecule has 0 radical (unpaired) electrons. The molecule has 0 spiro atoms. The van der Waals surface area contributed by atoms with E-state index in [0.717, 1.165) is 19.6 Å². The summed E-state index contributed by atoms with van der Waals surface area (Å²) in [6.07, 6.45) is -6.49. The topological polar surface area (TPSA) is 69.4 Å². The lowest BCUT2D eigenvalue weighted by Crippen LogP contribution is -2.57. The second-order valence-electron chi connectivity index (χ2n) is 6.77. The van der Waals surface area contributed by atoms with Crippen LogP contribution in [0, 0.1) is 11.8 Å². The molecule has 5 N–H and O–H groups in total. The Morgan fingerprint density at radius 2 is 2.00 bits per heavy atom. The van der Waals surface area contributed by atoms with Crippen LogP contribution in [0.2, 0.25) is 0 Å². The maximum atomic E-state index is 14.4. The summed E-state index contributed by atoms with van der Waals surface area (Å²) in [6, 6.07) is 0. The second kappa shape index (κ2) is 7.79. The number of rotatable bonds is 4. The van der Waals surface area contributed by atoms with Gasteiger partial charge in [0.25, 0.3) is 0 Å². The Morgan fingerprint density at radius 3 is 2.62 bits per heavy atom. The molecule has 0 aromatic carbocycles. The Kier molecular flexibility index (Phi) is 5.94. The molecule has 24 heavy (non-hydrogen) atoms. The molecular formula is C14H25F4N5O. The van der Waals surface area contributed by atoms with Gasteiger partial charge in [0.1, 0.15) is 6.17 Å². The van der Waals surface area contributed by atoms with Crippen LogP contribution in [-0.2, 0) is 4.84 Å². The van der Waals surface area contributed by atoms with Gasteiger partial charge in [0.15, 0.2) is 0 Å². The van der Waals surface area contributed by atoms with Gasteiger partial charge in [0, 0.05) is 32.1 Å². The van der Waals surface area contributed by atoms with Crippen LogP contribution < -0.4 is 26.7 Å². The van der Waals surface area contributed by atoms with E-state index in [1.165, 1.54) is 0 Å². The highest BCUT2D eigenvalue weighted by Crippen LogP contribution is 2.34. The molecule has 6 unspecified atom stereocenters. The smallest absolute Gasteiger partial charge is 0.313 e. The lowest BCUT2D eigenvalue weighted by Gasteiger charge is -2.35. The Bertz CT molecular complexity index is 407. The fraction of sp³-hybridized carbons (Fsp3) is 1.00. The van der Waals surface area contributed by atoms with Crippen molar-refractivity contribution in [2.75, 3.05) is 26.2 Å². The molecule has 3 aliphatic rings. The van der Waals surface area contributed by atoms with Crippen molar-refractivity contribution >= 4 is 0 Å². The van der Waals surface area contributed by atoms with Crippen LogP contribution in [0.15, 0.2) is 0 Å². The number of nitrogens with one attached hydrogen (secondary N) is 5. The van der Waals surface area contributed by atoms with E-state index in [1.54, 1.807) is 0 Å². The monoisotopic (exact) mass is 355 g/mol. The minimum Gasteiger partial charge on any atom is -0.313 e. The average molecular weight is 355 g/mol. The van der Waals surface area contributed by atoms with Crippen LogP contribution in [0.25, 0.3) is 0 Å². The molecule has 6 atom stereocenters. The second-order valence-corrected chi connectivity index (χ2v) is 6.77. The van der Waals surface area contributed by atoms with Gasteiger partial charge >= 0.3 is 6.18 Å². The highest BCUT2D eigenvalue weighted by Gasteiger charge is 2.48. The molecule has 140 valence electrons. The van der Waals surface area contributed by atoms with Crippen molar-refractivity contribution in [1.82, 2.24) is 26.7 Å². The van der Waals surface area contributed by atoms with Gasteiger partial charge in [-0.3, -0.25) is 15.5 Å². The van der Waals surface area contributed by atoms with E-state index in [0.29, 0.717) is 19.4 Å². The highest BCUT2D eigenvalue weighted by molar-refractivity contribution is 4.89. The zero-order chi connectivity index (χ0) is 17.2. The van der Waals surface area contributed by atoms with E-state index in [9.17, 15) is 17.6 Å². The number of hydroxylamine groups is 1. The molecule has 1 saturated carbocycles. The summed E-state index contributed by atoms with van der Waals surface area (Å²) in [5.74, 6) is -0.316. The Morgan fingerprint density at radius 1 is 1.17 bits per heavy atom. The van der Waals surface area contributed by atoms with Gasteiger partial charge in [-0.25, -0.2) is 4.39 Å². The van der Waals surface area contributed by atoms with E-state index in [1.807, 2.05) is 0 Å². The molecule has 1 aliphatic carbocycles. The van der Waals surface area contributed by atoms with Crippen molar-refractivity contribution in [3.8, 4) is 0 Å². The lowest BCUT2D eigenvalue weighted by atomic mass is 9.79. The first-order chi connectivity index (χ1) is 11.4. The minimum absolute atomic E-state index is 0.106. The molecule has 2 aliphatic heterocycles. The Hall–Kier alpha value is -0.520. The summed E-state index contributed by atoms with van der Waals surface area (Å²) in [7, 11) is 0. The molecule has 0 amide bonds. The van der Waals surface area contributed by atoms with Crippen molar-refractivity contribution in [2.24, 2.45) is 11.8 Å². The van der Waals surface area contributed by atoms with E-state index in [2.05, 4.69) is 31.6 Å². The standard InChI is InChI=1S/C14H25F4N5O/c15-10-5-8(12-22-13(24-23-12)14(16,17)18)1-2-9(10)6-21-11-7-19-3-4-20-11/h8-13,19-23H,1-7H2. The molecule has 3 rings (SSSR count). The first-order valence-corrected chi connectivity index (χ1v) is 8.49. The van der Waals surface area contributed by atoms with Gasteiger partial charge < -0.3 is 10.6 Å². The zero-order valence-corrected chi connectivity index (χ0v) is 13.3. The Labute approximate surface area is 138 Å². The SMILES string of the molecule is FC1CC(C2NOC(C(F)(F)F)N2)CCC1CNC1CNCCN1. The van der Waals surface area contributed by atoms with Crippen molar-refractivity contribution < 1.29 is 22.4 Å². The number of piperazine rings is 1. The molecule has 6 nitrogen and oxygen atoms in total. The third kappa shape index (κ3) is 4.55. The van der Waals surface area contributed by atoms with Crippen LogP contribution in [0.5, 0.6) is 0 Å². The lowest BCUT2D eigenvalue weighted by molar-refractivity contribution is -0.224. The van der Waals surface area contributed by atoms with Crippen molar-refractivity contribution in [3.05, 3.63) is 0 Å². The summed E-state index contributed by atoms with van der Waals surface area (Å²) in [5.41, 5.74) is 2.37. The molecular weight excluding hydrogens is 330 g/mol. The van der Waals surface area contributed by atoms with Crippen LogP contribution in [0.3, 0.4) is 0 Å². The molecule has 3 fully saturated rings. The van der Waals surface area contributed by atoms with Gasteiger partial charge in [-0.15, -0.1) is 0 Å². The van der Waals surface area contributed by atoms with Crippen molar-refractivity contribution in [1.29, 1.82) is 0 Å². The van der Waals surface area contributed by atoms with Crippen molar-refractivity contribution in [3.63, 3.8) is 0 Å². The maximum absolute atomic E-state index is 14.4. The van der Waals surface area contributed by atoms with Gasteiger partial charge in [-0.05, 0) is 25.2 Å². The van der Waals surface area contributed by atoms with E-state index >= 15 is 0 Å². The highest BCUT2D eigenvalue weighted by atomic mass is 19.4. The average Bonchev–Trinajstić information content (AvgIpc) is 3.05. The zero-order valence-electron chi connectivity index (χ0n) is 13.3. The van der Waals surface area contributed by atoms with Gasteiger partial charge in [0.05, 0.1) is 12.3 Å². The number of hydrogen-bond donors (Lipinski definition) is 5. The predicted molar refractivity (Wildman–Crippen MR) is 79.4 cm³/mol. The van der Waals surface area contributed by atoms with Gasteiger partial charge in [0.2, 0.25) is 6.23 Å². The van der Waals surface area contributed by atoms with E-state index < -0.39 is 24.7 Å². The van der Waals surface area contributed by atoms with Crippen LogP contribution in [-0.4, -0.2) is 57.1 Å². The van der Waals surface area contributed by atoms with Crippen molar-refractivity contribution in [2.45, 2.75) is 50.2 Å². The first-order valence-electron chi connectivity index (χ1n) is 8.49. The van der Waals surface area contributed by atoms with Gasteiger partial charge in [-0.2, -0.15) is 18.7 Å². The fourth-order valence-corrected chi connectivity index (χ4v) is 3.60. The third-order valence-electron chi connectivity index (χ3n) is 5.03. The first kappa shape index (κ1) is 18.3. The molecule has 10 heteroatoms. The van der Waals surface area contributed by atoms with E-state index in [4.69, 9.17) is 0 Å². The summed E-state index contributed by atoms with van der Waals surface area (Å²) < 4.78 is 52.2. The molecule has 2 heterocycles. The molecule has 2 saturated heterocycles. The number of halogens is 4. The summed E-state index contributed by atoms with van der Waals surface area (Å²) in [6.45, 7) is 3.18.